The van der Waals surface area contributed by atoms with E-state index in [9.17, 15) is 18.0 Å². The van der Waals surface area contributed by atoms with E-state index in [0.29, 0.717) is 24.3 Å². The van der Waals surface area contributed by atoms with Crippen molar-refractivity contribution in [2.45, 2.75) is 13.3 Å². The van der Waals surface area contributed by atoms with Crippen LogP contribution in [0.15, 0.2) is 24.3 Å². The minimum atomic E-state index is -2.93. The molecule has 0 aliphatic carbocycles. The predicted octanol–water partition coefficient (Wildman–Crippen LogP) is 0.819. The zero-order valence-corrected chi connectivity index (χ0v) is 13.2. The molecular formula is C15H19NO5S. The summed E-state index contributed by atoms with van der Waals surface area (Å²) in [6.45, 7) is 1.64. The maximum atomic E-state index is 11.7. The van der Waals surface area contributed by atoms with Gasteiger partial charge in [0.25, 0.3) is 5.91 Å². The molecule has 22 heavy (non-hydrogen) atoms. The molecule has 1 amide bonds. The van der Waals surface area contributed by atoms with Gasteiger partial charge in [-0.05, 0) is 31.4 Å². The number of carbonyl (C=O) groups is 2. The zero-order chi connectivity index (χ0) is 16.2. The largest absolute Gasteiger partial charge is 0.484 e. The summed E-state index contributed by atoms with van der Waals surface area (Å²) >= 11 is 0. The fourth-order valence-corrected chi connectivity index (χ4v) is 4.16. The Morgan fingerprint density at radius 3 is 2.77 bits per heavy atom. The van der Waals surface area contributed by atoms with Gasteiger partial charge >= 0.3 is 0 Å². The molecule has 1 aromatic carbocycles. The molecule has 0 saturated carbocycles. The monoisotopic (exact) mass is 325 g/mol. The Bertz CT molecular complexity index is 668. The molecule has 1 aliphatic rings. The Morgan fingerprint density at radius 2 is 2.14 bits per heavy atom. The van der Waals surface area contributed by atoms with Crippen molar-refractivity contribution >= 4 is 21.5 Å². The van der Waals surface area contributed by atoms with E-state index in [1.54, 1.807) is 24.3 Å². The molecule has 1 heterocycles. The number of hydrogen-bond donors (Lipinski definition) is 1. The third kappa shape index (κ3) is 4.84. The number of Topliss-reactive ketones (excluding diaryl/α,β-unsaturated/α-hetero) is 1. The SMILES string of the molecule is CC(=O)c1cccc(OCC(=O)NC[C@@H]2CCS(=O)(=O)C2)c1. The van der Waals surface area contributed by atoms with Gasteiger partial charge < -0.3 is 10.1 Å². The molecule has 0 aromatic heterocycles. The van der Waals surface area contributed by atoms with Gasteiger partial charge in [0.1, 0.15) is 5.75 Å². The molecule has 2 rings (SSSR count). The van der Waals surface area contributed by atoms with Crippen LogP contribution in [0.5, 0.6) is 5.75 Å². The van der Waals surface area contributed by atoms with E-state index in [1.807, 2.05) is 0 Å². The first-order valence-electron chi connectivity index (χ1n) is 7.06. The van der Waals surface area contributed by atoms with Gasteiger partial charge in [0.15, 0.2) is 22.2 Å². The van der Waals surface area contributed by atoms with Gasteiger partial charge in [-0.25, -0.2) is 8.42 Å². The second-order valence-corrected chi connectivity index (χ2v) is 7.67. The number of hydrogen-bond acceptors (Lipinski definition) is 5. The van der Waals surface area contributed by atoms with Gasteiger partial charge in [0.05, 0.1) is 11.5 Å². The van der Waals surface area contributed by atoms with Crippen molar-refractivity contribution in [2.24, 2.45) is 5.92 Å². The molecule has 0 spiro atoms. The standard InChI is InChI=1S/C15H19NO5S/c1-11(17)13-3-2-4-14(7-13)21-9-15(18)16-8-12-5-6-22(19,20)10-12/h2-4,7,12H,5-6,8-10H2,1H3,(H,16,18)/t12-/m0/s1. The van der Waals surface area contributed by atoms with Gasteiger partial charge in [-0.3, -0.25) is 9.59 Å². The van der Waals surface area contributed by atoms with Crippen LogP contribution in [0.2, 0.25) is 0 Å². The lowest BCUT2D eigenvalue weighted by Gasteiger charge is -2.11. The molecular weight excluding hydrogens is 306 g/mol. The lowest BCUT2D eigenvalue weighted by atomic mass is 10.1. The summed E-state index contributed by atoms with van der Waals surface area (Å²) in [6.07, 6.45) is 0.587. The number of ether oxygens (including phenoxy) is 1. The average Bonchev–Trinajstić information content (AvgIpc) is 2.82. The van der Waals surface area contributed by atoms with E-state index in [2.05, 4.69) is 5.32 Å². The predicted molar refractivity (Wildman–Crippen MR) is 81.7 cm³/mol. The highest BCUT2D eigenvalue weighted by Crippen LogP contribution is 2.17. The van der Waals surface area contributed by atoms with E-state index in [4.69, 9.17) is 4.74 Å². The van der Waals surface area contributed by atoms with Crippen molar-refractivity contribution < 1.29 is 22.7 Å². The average molecular weight is 325 g/mol. The van der Waals surface area contributed by atoms with Crippen LogP contribution in [0.4, 0.5) is 0 Å². The maximum Gasteiger partial charge on any atom is 0.257 e. The zero-order valence-electron chi connectivity index (χ0n) is 12.4. The van der Waals surface area contributed by atoms with Crippen LogP contribution < -0.4 is 10.1 Å². The number of carbonyl (C=O) groups excluding carboxylic acids is 2. The van der Waals surface area contributed by atoms with Gasteiger partial charge in [0.2, 0.25) is 0 Å². The van der Waals surface area contributed by atoms with E-state index < -0.39 is 9.84 Å². The summed E-state index contributed by atoms with van der Waals surface area (Å²) in [7, 11) is -2.93. The highest BCUT2D eigenvalue weighted by Gasteiger charge is 2.27. The third-order valence-electron chi connectivity index (χ3n) is 3.53. The lowest BCUT2D eigenvalue weighted by Crippen LogP contribution is -2.33. The Balaban J connectivity index is 1.76. The molecule has 1 atom stereocenters. The quantitative estimate of drug-likeness (QED) is 0.782. The molecule has 1 aromatic rings. The highest BCUT2D eigenvalue weighted by molar-refractivity contribution is 7.91. The lowest BCUT2D eigenvalue weighted by molar-refractivity contribution is -0.123. The van der Waals surface area contributed by atoms with Crippen LogP contribution in [0.25, 0.3) is 0 Å². The van der Waals surface area contributed by atoms with Crippen LogP contribution in [0.3, 0.4) is 0 Å². The van der Waals surface area contributed by atoms with Crippen LogP contribution >= 0.6 is 0 Å². The molecule has 6 nitrogen and oxygen atoms in total. The molecule has 1 N–H and O–H groups in total. The summed E-state index contributed by atoms with van der Waals surface area (Å²) in [5, 5.41) is 2.67. The first-order valence-corrected chi connectivity index (χ1v) is 8.89. The fraction of sp³-hybridized carbons (Fsp3) is 0.467. The van der Waals surface area contributed by atoms with E-state index >= 15 is 0 Å². The summed E-state index contributed by atoms with van der Waals surface area (Å²) in [6, 6.07) is 6.62. The maximum absolute atomic E-state index is 11.7. The number of benzene rings is 1. The van der Waals surface area contributed by atoms with Crippen LogP contribution in [0.1, 0.15) is 23.7 Å². The smallest absolute Gasteiger partial charge is 0.257 e. The van der Waals surface area contributed by atoms with Gasteiger partial charge in [-0.2, -0.15) is 0 Å². The van der Waals surface area contributed by atoms with Crippen molar-refractivity contribution in [1.82, 2.24) is 5.32 Å². The molecule has 1 fully saturated rings. The number of nitrogens with one attached hydrogen (secondary N) is 1. The summed E-state index contributed by atoms with van der Waals surface area (Å²) in [4.78, 5) is 23.0. The number of ketones is 1. The number of amides is 1. The molecule has 120 valence electrons. The summed E-state index contributed by atoms with van der Waals surface area (Å²) in [5.74, 6) is 0.382. The van der Waals surface area contributed by atoms with E-state index in [-0.39, 0.29) is 35.7 Å². The second kappa shape index (κ2) is 6.91. The Hall–Kier alpha value is -1.89. The molecule has 0 radical (unpaired) electrons. The number of rotatable bonds is 6. The fourth-order valence-electron chi connectivity index (χ4n) is 2.30. The third-order valence-corrected chi connectivity index (χ3v) is 5.36. The summed E-state index contributed by atoms with van der Waals surface area (Å²) < 4.78 is 28.0. The van der Waals surface area contributed by atoms with Crippen LogP contribution in [-0.4, -0.2) is 44.8 Å². The molecule has 1 aliphatic heterocycles. The Labute approximate surface area is 129 Å². The molecule has 0 bridgehead atoms. The van der Waals surface area contributed by atoms with Crippen LogP contribution in [0, 0.1) is 5.92 Å². The minimum Gasteiger partial charge on any atom is -0.484 e. The number of sulfone groups is 1. The minimum absolute atomic E-state index is 0.0185. The Morgan fingerprint density at radius 1 is 1.36 bits per heavy atom. The normalized spacial score (nSPS) is 19.6. The van der Waals surface area contributed by atoms with Crippen molar-refractivity contribution in [3.8, 4) is 5.75 Å². The van der Waals surface area contributed by atoms with Crippen molar-refractivity contribution in [2.75, 3.05) is 24.7 Å². The Kier molecular flexibility index (Phi) is 5.18. The van der Waals surface area contributed by atoms with Crippen molar-refractivity contribution in [1.29, 1.82) is 0 Å². The van der Waals surface area contributed by atoms with Crippen molar-refractivity contribution in [3.05, 3.63) is 29.8 Å². The van der Waals surface area contributed by atoms with Crippen LogP contribution in [-0.2, 0) is 14.6 Å². The topological polar surface area (TPSA) is 89.5 Å². The van der Waals surface area contributed by atoms with E-state index in [0.717, 1.165) is 0 Å². The van der Waals surface area contributed by atoms with Gasteiger partial charge in [-0.1, -0.05) is 12.1 Å². The molecule has 7 heteroatoms. The second-order valence-electron chi connectivity index (χ2n) is 5.45. The van der Waals surface area contributed by atoms with Gasteiger partial charge in [0, 0.05) is 12.1 Å². The van der Waals surface area contributed by atoms with Crippen molar-refractivity contribution in [3.63, 3.8) is 0 Å². The van der Waals surface area contributed by atoms with E-state index in [1.165, 1.54) is 6.92 Å². The molecule has 1 saturated heterocycles. The molecule has 0 unspecified atom stereocenters. The summed E-state index contributed by atoms with van der Waals surface area (Å²) in [5.41, 5.74) is 0.522. The highest BCUT2D eigenvalue weighted by atomic mass is 32.2. The first kappa shape index (κ1) is 16.5. The first-order chi connectivity index (χ1) is 10.4. The van der Waals surface area contributed by atoms with Gasteiger partial charge in [-0.15, -0.1) is 0 Å².